The lowest BCUT2D eigenvalue weighted by Crippen LogP contribution is -2.32. The van der Waals surface area contributed by atoms with Crippen molar-refractivity contribution in [1.82, 2.24) is 0 Å². The number of hydrogen-bond acceptors (Lipinski definition) is 12. The van der Waals surface area contributed by atoms with Crippen molar-refractivity contribution in [2.24, 2.45) is 0 Å². The van der Waals surface area contributed by atoms with E-state index in [4.69, 9.17) is 14.6 Å². The number of carboxylic acids is 1. The highest BCUT2D eigenvalue weighted by Gasteiger charge is 2.44. The third-order valence-corrected chi connectivity index (χ3v) is 15.8. The topological polar surface area (TPSA) is 276 Å². The van der Waals surface area contributed by atoms with Crippen LogP contribution in [0.25, 0.3) is 0 Å². The normalized spacial score (nSPS) is 19.8. The summed E-state index contributed by atoms with van der Waals surface area (Å²) in [6, 6.07) is 8.62. The van der Waals surface area contributed by atoms with E-state index in [1.54, 1.807) is 55.4 Å². The number of benzene rings is 2. The number of anilines is 1. The molecule has 0 saturated carbocycles. The molecule has 2 atom stereocenters. The van der Waals surface area contributed by atoms with Crippen LogP contribution >= 0.6 is 0 Å². The van der Waals surface area contributed by atoms with Gasteiger partial charge in [0.2, 0.25) is 0 Å². The molecule has 0 bridgehead atoms. The van der Waals surface area contributed by atoms with Gasteiger partial charge in [-0.2, -0.15) is 33.7 Å². The van der Waals surface area contributed by atoms with Crippen LogP contribution < -0.4 is 4.90 Å². The summed E-state index contributed by atoms with van der Waals surface area (Å²) in [4.78, 5) is 12.0. The molecule has 1 heterocycles. The van der Waals surface area contributed by atoms with Crippen molar-refractivity contribution >= 4 is 52.1 Å². The fraction of sp³-hybridized carbons (Fsp3) is 0.511. The largest absolute Gasteiger partial charge is 0.481 e. The standard InChI is InChI=1S/C47H65NO16S4/c1-46(26-28-64-30-29-63-3)40(36(17-11-7-4-5-10-14-20-45(49)50)33-37-21-22-38(34-41(37)46)67(57,58)59)18-12-8-6-9-13-19-44-47(2,25-15-31-65(51,52)53)42-35-39(68(60,61)62)23-24-43(42)48(44)27-16-32-66(54,55)56/h6,8-9,12-13,18-19,21-24,34-35H,4-5,7,10-11,14-17,20,25-33H2,1-3H3,(H,49,50)(H,51,52,53)(H,54,55,56)(H,57,58,59)(H,60,61,62)/b8-6+,13-9+,18-12+,44-19+. The molecule has 2 aromatic carbocycles. The first-order valence-electron chi connectivity index (χ1n) is 22.4. The zero-order chi connectivity index (χ0) is 50.4. The molecule has 68 heavy (non-hydrogen) atoms. The molecule has 0 saturated heterocycles. The molecule has 2 aromatic rings. The van der Waals surface area contributed by atoms with E-state index in [9.17, 15) is 56.7 Å². The minimum atomic E-state index is -4.66. The van der Waals surface area contributed by atoms with E-state index in [1.165, 1.54) is 30.3 Å². The highest BCUT2D eigenvalue weighted by Crippen LogP contribution is 2.51. The first kappa shape index (κ1) is 56.6. The maximum Gasteiger partial charge on any atom is 0.303 e. The number of unbranched alkanes of at least 4 members (excludes halogenated alkanes) is 5. The minimum absolute atomic E-state index is 0.0303. The Kier molecular flexibility index (Phi) is 20.5. The van der Waals surface area contributed by atoms with Crippen molar-refractivity contribution in [1.29, 1.82) is 0 Å². The number of aliphatic carboxylic acids is 1. The predicted octanol–water partition coefficient (Wildman–Crippen LogP) is 7.83. The Labute approximate surface area is 401 Å². The number of ether oxygens (including phenoxy) is 2. The van der Waals surface area contributed by atoms with Crippen molar-refractivity contribution in [2.75, 3.05) is 49.9 Å². The second-order valence-corrected chi connectivity index (χ2v) is 23.5. The van der Waals surface area contributed by atoms with Gasteiger partial charge in [-0.15, -0.1) is 0 Å². The summed E-state index contributed by atoms with van der Waals surface area (Å²) in [5.41, 5.74) is 3.40. The Balaban J connectivity index is 1.72. The summed E-state index contributed by atoms with van der Waals surface area (Å²) in [6.07, 6.45) is 19.7. The summed E-state index contributed by atoms with van der Waals surface area (Å²) in [5, 5.41) is 8.97. The molecule has 0 spiro atoms. The van der Waals surface area contributed by atoms with Gasteiger partial charge in [-0.05, 0) is 117 Å². The van der Waals surface area contributed by atoms with Gasteiger partial charge in [0.1, 0.15) is 0 Å². The van der Waals surface area contributed by atoms with Crippen LogP contribution in [0.2, 0.25) is 0 Å². The lowest BCUT2D eigenvalue weighted by atomic mass is 9.65. The molecule has 2 unspecified atom stereocenters. The van der Waals surface area contributed by atoms with E-state index < -0.39 is 73.7 Å². The summed E-state index contributed by atoms with van der Waals surface area (Å²) in [5.74, 6) is -1.96. The summed E-state index contributed by atoms with van der Waals surface area (Å²) in [6.45, 7) is 4.91. The van der Waals surface area contributed by atoms with Crippen LogP contribution in [0.4, 0.5) is 5.69 Å². The Morgan fingerprint density at radius 1 is 0.676 bits per heavy atom. The van der Waals surface area contributed by atoms with Crippen LogP contribution in [0.3, 0.4) is 0 Å². The maximum atomic E-state index is 12.4. The number of rotatable bonds is 29. The lowest BCUT2D eigenvalue weighted by Gasteiger charge is -2.40. The Bertz CT molecular complexity index is 2710. The van der Waals surface area contributed by atoms with Crippen LogP contribution in [0, 0.1) is 0 Å². The molecular weight excluding hydrogens is 963 g/mol. The van der Waals surface area contributed by atoms with Crippen molar-refractivity contribution < 1.29 is 71.3 Å². The van der Waals surface area contributed by atoms with E-state index >= 15 is 0 Å². The van der Waals surface area contributed by atoms with Gasteiger partial charge in [-0.25, -0.2) is 0 Å². The number of carbonyl (C=O) groups is 1. The van der Waals surface area contributed by atoms with Crippen LogP contribution in [0.1, 0.15) is 108 Å². The van der Waals surface area contributed by atoms with Crippen LogP contribution in [0.5, 0.6) is 0 Å². The second-order valence-electron chi connectivity index (χ2n) is 17.5. The Hall–Kier alpha value is -4.03. The first-order valence-corrected chi connectivity index (χ1v) is 28.5. The SMILES string of the molecule is COCCOCCC1(C)C(/C=C/C=C/C=C/C=C2/N(CCCS(=O)(=O)O)c3ccc(S(=O)(=O)O)cc3C2(C)CCCS(=O)(=O)O)=C(CCCCCCCCC(=O)O)Cc2ccc(S(=O)(=O)O)cc21. The number of allylic oxidation sites excluding steroid dienone is 10. The van der Waals surface area contributed by atoms with Crippen molar-refractivity contribution in [3.63, 3.8) is 0 Å². The van der Waals surface area contributed by atoms with Crippen LogP contribution in [0.15, 0.2) is 106 Å². The minimum Gasteiger partial charge on any atom is -0.481 e. The number of fused-ring (bicyclic) bond motifs is 2. The van der Waals surface area contributed by atoms with E-state index in [0.717, 1.165) is 60.8 Å². The molecule has 17 nitrogen and oxygen atoms in total. The smallest absolute Gasteiger partial charge is 0.303 e. The van der Waals surface area contributed by atoms with E-state index in [0.29, 0.717) is 56.0 Å². The molecule has 0 aromatic heterocycles. The van der Waals surface area contributed by atoms with Crippen molar-refractivity contribution in [2.45, 2.75) is 118 Å². The highest BCUT2D eigenvalue weighted by molar-refractivity contribution is 7.86. The molecule has 0 fully saturated rings. The average Bonchev–Trinajstić information content (AvgIpc) is 3.45. The molecular formula is C47H65NO16S4. The van der Waals surface area contributed by atoms with Gasteiger partial charge in [-0.3, -0.25) is 23.0 Å². The molecule has 2 aliphatic rings. The van der Waals surface area contributed by atoms with Gasteiger partial charge in [0.05, 0.1) is 34.5 Å². The quantitative estimate of drug-likeness (QED) is 0.0295. The van der Waals surface area contributed by atoms with Gasteiger partial charge in [-0.1, -0.05) is 80.7 Å². The third-order valence-electron chi connectivity index (χ3n) is 12.5. The van der Waals surface area contributed by atoms with E-state index in [2.05, 4.69) is 0 Å². The second kappa shape index (κ2) is 24.7. The van der Waals surface area contributed by atoms with Crippen molar-refractivity contribution in [3.05, 3.63) is 112 Å². The number of methoxy groups -OCH3 is 1. The summed E-state index contributed by atoms with van der Waals surface area (Å²) < 4.78 is 146. The Morgan fingerprint density at radius 2 is 1.26 bits per heavy atom. The van der Waals surface area contributed by atoms with E-state index in [-0.39, 0.29) is 37.1 Å². The fourth-order valence-corrected chi connectivity index (χ4v) is 11.1. The summed E-state index contributed by atoms with van der Waals surface area (Å²) >= 11 is 0. The molecule has 0 amide bonds. The molecule has 1 aliphatic heterocycles. The number of nitrogens with zero attached hydrogens (tertiary/aromatic N) is 1. The molecule has 1 aliphatic carbocycles. The molecule has 0 radical (unpaired) electrons. The van der Waals surface area contributed by atoms with Gasteiger partial charge in [0.15, 0.2) is 0 Å². The highest BCUT2D eigenvalue weighted by atomic mass is 32.2. The predicted molar refractivity (Wildman–Crippen MR) is 259 cm³/mol. The van der Waals surface area contributed by atoms with Gasteiger partial charge >= 0.3 is 5.97 Å². The zero-order valence-electron chi connectivity index (χ0n) is 38.7. The molecule has 5 N–H and O–H groups in total. The van der Waals surface area contributed by atoms with Crippen molar-refractivity contribution in [3.8, 4) is 0 Å². The number of carboxylic acid groups (broad SMARTS) is 1. The Morgan fingerprint density at radius 3 is 1.90 bits per heavy atom. The lowest BCUT2D eigenvalue weighted by molar-refractivity contribution is -0.137. The first-order chi connectivity index (χ1) is 31.8. The maximum absolute atomic E-state index is 12.4. The fourth-order valence-electron chi connectivity index (χ4n) is 9.08. The van der Waals surface area contributed by atoms with Gasteiger partial charge in [0.25, 0.3) is 40.5 Å². The third kappa shape index (κ3) is 16.6. The van der Waals surface area contributed by atoms with Gasteiger partial charge in [0, 0.05) is 48.9 Å². The van der Waals surface area contributed by atoms with Crippen LogP contribution in [-0.4, -0.2) is 108 Å². The number of hydrogen-bond donors (Lipinski definition) is 5. The zero-order valence-corrected chi connectivity index (χ0v) is 42.0. The van der Waals surface area contributed by atoms with Crippen LogP contribution in [-0.2, 0) is 72.0 Å². The monoisotopic (exact) mass is 1030 g/mol. The molecule has 4 rings (SSSR count). The van der Waals surface area contributed by atoms with E-state index in [1.807, 2.05) is 19.1 Å². The summed E-state index contributed by atoms with van der Waals surface area (Å²) in [7, 11) is -16.3. The van der Waals surface area contributed by atoms with Gasteiger partial charge < -0.3 is 19.5 Å². The average molecular weight is 1030 g/mol. The molecule has 378 valence electrons. The molecule has 21 heteroatoms.